The van der Waals surface area contributed by atoms with E-state index in [1.54, 1.807) is 19.2 Å². The number of phenolic OH excluding ortho intramolecular Hbond substituents is 2. The summed E-state index contributed by atoms with van der Waals surface area (Å²) in [5.74, 6) is -3.74. The predicted molar refractivity (Wildman–Crippen MR) is 190 cm³/mol. The van der Waals surface area contributed by atoms with Gasteiger partial charge in [-0.1, -0.05) is 12.1 Å². The van der Waals surface area contributed by atoms with E-state index in [0.717, 1.165) is 0 Å². The molecular weight excluding hydrogens is 658 g/mol. The number of hydrogen-bond acceptors (Lipinski definition) is 10. The van der Waals surface area contributed by atoms with E-state index in [2.05, 4.69) is 26.6 Å². The Bertz CT molecular complexity index is 1600. The molecule has 4 bridgehead atoms. The number of nitrogens with one attached hydrogen (secondary N) is 5. The molecule has 15 nitrogen and oxygen atoms in total. The number of hydrogen-bond donors (Lipinski definition) is 8. The number of phenols is 2. The number of aromatic hydroxyl groups is 2. The molecule has 0 aliphatic carbocycles. The molecule has 0 spiro atoms. The molecule has 278 valence electrons. The number of rotatable bonds is 14. The van der Waals surface area contributed by atoms with Gasteiger partial charge in [0.1, 0.15) is 35.7 Å². The van der Waals surface area contributed by atoms with Crippen LogP contribution in [0.4, 0.5) is 0 Å². The van der Waals surface area contributed by atoms with Crippen LogP contribution in [-0.4, -0.2) is 102 Å². The number of Topliss-reactive ketones (excluding diaryl/α,β-unsaturated/α-hetero) is 1. The van der Waals surface area contributed by atoms with Crippen molar-refractivity contribution in [1.29, 1.82) is 0 Å². The number of ketones is 1. The second-order valence-electron chi connectivity index (χ2n) is 12.9. The van der Waals surface area contributed by atoms with Gasteiger partial charge in [-0.3, -0.25) is 28.8 Å². The average Bonchev–Trinajstić information content (AvgIpc) is 3.08. The van der Waals surface area contributed by atoms with Crippen molar-refractivity contribution in [2.75, 3.05) is 27.2 Å². The molecule has 0 saturated carbocycles. The highest BCUT2D eigenvalue weighted by molar-refractivity contribution is 5.97. The van der Waals surface area contributed by atoms with Crippen molar-refractivity contribution in [2.45, 2.75) is 89.5 Å². The highest BCUT2D eigenvalue weighted by Crippen LogP contribution is 2.38. The molecule has 2 aromatic carbocycles. The highest BCUT2D eigenvalue weighted by Gasteiger charge is 2.36. The zero-order chi connectivity index (χ0) is 37.8. The molecule has 5 amide bonds. The molecule has 1 aliphatic rings. The number of nitrogens with two attached hydrogens (primary N) is 1. The van der Waals surface area contributed by atoms with Crippen LogP contribution in [0.5, 0.6) is 11.5 Å². The summed E-state index contributed by atoms with van der Waals surface area (Å²) in [5, 5.41) is 35.5. The topological polar surface area (TPSA) is 232 Å². The van der Waals surface area contributed by atoms with Crippen LogP contribution < -0.4 is 32.3 Å². The van der Waals surface area contributed by atoms with Crippen molar-refractivity contribution in [3.05, 3.63) is 47.5 Å². The van der Waals surface area contributed by atoms with Crippen LogP contribution >= 0.6 is 0 Å². The van der Waals surface area contributed by atoms with Crippen molar-refractivity contribution in [2.24, 2.45) is 5.73 Å². The molecule has 0 radical (unpaired) electrons. The maximum Gasteiger partial charge on any atom is 0.248 e. The van der Waals surface area contributed by atoms with Crippen LogP contribution in [0.15, 0.2) is 36.4 Å². The first kappa shape index (κ1) is 40.4. The number of likely N-dealkylation sites (N-methyl/N-ethyl adjacent to an activating group) is 1. The Kier molecular flexibility index (Phi) is 14.9. The predicted octanol–water partition coefficient (Wildman–Crippen LogP) is 0.517. The Balaban J connectivity index is 2.11. The second-order valence-corrected chi connectivity index (χ2v) is 12.9. The summed E-state index contributed by atoms with van der Waals surface area (Å²) < 4.78 is 0. The molecule has 51 heavy (non-hydrogen) atoms. The third kappa shape index (κ3) is 11.0. The Hall–Kier alpha value is -5.02. The van der Waals surface area contributed by atoms with E-state index in [1.165, 1.54) is 57.0 Å². The number of benzene rings is 2. The number of nitrogens with zero attached hydrogens (tertiary/aromatic N) is 1. The molecule has 0 saturated heterocycles. The van der Waals surface area contributed by atoms with E-state index < -0.39 is 53.8 Å². The van der Waals surface area contributed by atoms with Crippen LogP contribution in [0.1, 0.15) is 70.0 Å². The van der Waals surface area contributed by atoms with Crippen LogP contribution in [0.3, 0.4) is 0 Å². The zero-order valence-corrected chi connectivity index (χ0v) is 29.9. The van der Waals surface area contributed by atoms with Crippen LogP contribution in [-0.2, 0) is 35.2 Å². The minimum Gasteiger partial charge on any atom is -0.507 e. The molecule has 0 aromatic heterocycles. The summed E-state index contributed by atoms with van der Waals surface area (Å²) in [4.78, 5) is 80.9. The molecule has 1 heterocycles. The normalized spacial score (nSPS) is 18.7. The smallest absolute Gasteiger partial charge is 0.248 e. The van der Waals surface area contributed by atoms with E-state index in [9.17, 15) is 39.0 Å². The second kappa shape index (κ2) is 18.8. The Morgan fingerprint density at radius 3 is 2.27 bits per heavy atom. The van der Waals surface area contributed by atoms with Crippen molar-refractivity contribution < 1.29 is 39.0 Å². The average molecular weight is 710 g/mol. The molecular formula is C36H51N7O8. The number of carbonyl (C=O) groups excluding carboxylic acids is 6. The first-order valence-electron chi connectivity index (χ1n) is 17.2. The van der Waals surface area contributed by atoms with Gasteiger partial charge in [0, 0.05) is 31.0 Å². The fourth-order valence-electron chi connectivity index (χ4n) is 5.75. The molecule has 0 unspecified atom stereocenters. The number of fused-ring (bicyclic) bond motifs is 5. The molecule has 0 fully saturated rings. The quantitative estimate of drug-likeness (QED) is 0.127. The summed E-state index contributed by atoms with van der Waals surface area (Å²) in [6.07, 6.45) is 2.08. The number of amides is 5. The van der Waals surface area contributed by atoms with Gasteiger partial charge in [0.05, 0.1) is 6.04 Å². The SMILES string of the molecule is CNCCCC(=O)N[C@@H](CCCCN)C(=O)N(C)[C@@H]1C(=O)N[C@@H](C)C(=O)N[C@H](C(=O)N[C@@H](C)C(C)=O)Cc2ccc(O)c(c2)-c2cc1ccc2O. The van der Waals surface area contributed by atoms with Gasteiger partial charge in [0.2, 0.25) is 29.5 Å². The minimum atomic E-state index is -1.37. The van der Waals surface area contributed by atoms with E-state index in [1.807, 2.05) is 0 Å². The van der Waals surface area contributed by atoms with E-state index in [4.69, 9.17) is 5.73 Å². The molecule has 9 N–H and O–H groups in total. The van der Waals surface area contributed by atoms with E-state index in [0.29, 0.717) is 37.9 Å². The molecule has 1 aliphatic heterocycles. The maximum atomic E-state index is 14.1. The van der Waals surface area contributed by atoms with Crippen LogP contribution in [0, 0.1) is 0 Å². The summed E-state index contributed by atoms with van der Waals surface area (Å²) in [6.45, 7) is 5.25. The van der Waals surface area contributed by atoms with Crippen molar-refractivity contribution in [1.82, 2.24) is 31.5 Å². The van der Waals surface area contributed by atoms with Gasteiger partial charge in [-0.15, -0.1) is 0 Å². The third-order valence-corrected chi connectivity index (χ3v) is 8.88. The molecule has 5 atom stereocenters. The fourth-order valence-corrected chi connectivity index (χ4v) is 5.75. The largest absolute Gasteiger partial charge is 0.507 e. The molecule has 15 heteroatoms. The summed E-state index contributed by atoms with van der Waals surface area (Å²) in [7, 11) is 3.18. The fraction of sp³-hybridized carbons (Fsp3) is 0.500. The Labute approximate surface area is 298 Å². The van der Waals surface area contributed by atoms with Crippen LogP contribution in [0.2, 0.25) is 0 Å². The third-order valence-electron chi connectivity index (χ3n) is 8.88. The van der Waals surface area contributed by atoms with Crippen molar-refractivity contribution >= 4 is 35.3 Å². The van der Waals surface area contributed by atoms with Gasteiger partial charge >= 0.3 is 0 Å². The number of unbranched alkanes of at least 4 members (excludes halogenated alkanes) is 1. The Morgan fingerprint density at radius 2 is 1.63 bits per heavy atom. The van der Waals surface area contributed by atoms with Gasteiger partial charge in [0.15, 0.2) is 5.78 Å². The Morgan fingerprint density at radius 1 is 0.961 bits per heavy atom. The lowest BCUT2D eigenvalue weighted by atomic mass is 9.93. The van der Waals surface area contributed by atoms with Gasteiger partial charge in [-0.05, 0) is 102 Å². The van der Waals surface area contributed by atoms with Crippen molar-refractivity contribution in [3.63, 3.8) is 0 Å². The number of carbonyl (C=O) groups is 6. The molecule has 2 aromatic rings. The summed E-state index contributed by atoms with van der Waals surface area (Å²) >= 11 is 0. The highest BCUT2D eigenvalue weighted by atomic mass is 16.3. The standard InChI is InChI=1S/C36H51N7O8/c1-20(22(3)44)39-34(49)28-18-23-11-13-29(45)25(17-23)26-19-24(12-14-30(26)46)32(35(50)40-21(2)33(48)42-28)43(5)36(51)27(9-6-7-15-37)41-31(47)10-8-16-38-4/h11-14,17,19-21,27-28,32,38,45-46H,6-10,15-16,18,37H2,1-5H3,(H,39,49)(H,40,50)(H,41,47)(H,42,48)/t20-,21-,27-,28-,32-/m0/s1. The van der Waals surface area contributed by atoms with Crippen molar-refractivity contribution in [3.8, 4) is 22.6 Å². The first-order chi connectivity index (χ1) is 24.2. The van der Waals surface area contributed by atoms with Gasteiger partial charge < -0.3 is 47.4 Å². The van der Waals surface area contributed by atoms with E-state index >= 15 is 0 Å². The molecule has 3 rings (SSSR count). The summed E-state index contributed by atoms with van der Waals surface area (Å²) in [5.41, 5.74) is 6.75. The van der Waals surface area contributed by atoms with Gasteiger partial charge in [-0.25, -0.2) is 0 Å². The van der Waals surface area contributed by atoms with Crippen LogP contribution in [0.25, 0.3) is 11.1 Å². The lowest BCUT2D eigenvalue weighted by Gasteiger charge is -2.32. The zero-order valence-electron chi connectivity index (χ0n) is 29.9. The monoisotopic (exact) mass is 709 g/mol. The first-order valence-corrected chi connectivity index (χ1v) is 17.2. The maximum absolute atomic E-state index is 14.1. The summed E-state index contributed by atoms with van der Waals surface area (Å²) in [6, 6.07) is 3.18. The van der Waals surface area contributed by atoms with Gasteiger partial charge in [0.25, 0.3) is 0 Å². The lowest BCUT2D eigenvalue weighted by molar-refractivity contribution is -0.143. The minimum absolute atomic E-state index is 0.0529. The van der Waals surface area contributed by atoms with Gasteiger partial charge in [-0.2, -0.15) is 0 Å². The van der Waals surface area contributed by atoms with E-state index in [-0.39, 0.29) is 59.1 Å². The lowest BCUT2D eigenvalue weighted by Crippen LogP contribution is -2.56.